The first-order valence-electron chi connectivity index (χ1n) is 11.9. The second-order valence-corrected chi connectivity index (χ2v) is 9.36. The summed E-state index contributed by atoms with van der Waals surface area (Å²) in [7, 11) is 1.50. The van der Waals surface area contributed by atoms with Gasteiger partial charge in [-0.05, 0) is 74.4 Å². The van der Waals surface area contributed by atoms with Gasteiger partial charge >= 0.3 is 6.18 Å². The fourth-order valence-corrected chi connectivity index (χ4v) is 4.92. The van der Waals surface area contributed by atoms with Crippen molar-refractivity contribution in [1.29, 1.82) is 10.8 Å². The molecular formula is C29H28ClCoF4N3O2. The number of nitrogens with one attached hydrogen (secondary N) is 2. The summed E-state index contributed by atoms with van der Waals surface area (Å²) in [6, 6.07) is 15.8. The first-order valence-corrected chi connectivity index (χ1v) is 12.3. The summed E-state index contributed by atoms with van der Waals surface area (Å²) < 4.78 is 61.2. The third-order valence-electron chi connectivity index (χ3n) is 6.58. The number of rotatable bonds is 6. The number of likely N-dealkylation sites (N-methyl/N-ethyl adjacent to an activating group) is 1. The molecule has 3 aromatic carbocycles. The van der Waals surface area contributed by atoms with Gasteiger partial charge in [-0.3, -0.25) is 5.41 Å². The minimum atomic E-state index is -4.73. The molecule has 0 saturated heterocycles. The molecule has 3 N–H and O–H groups in total. The largest absolute Gasteiger partial charge is 0.497 e. The van der Waals surface area contributed by atoms with E-state index in [0.29, 0.717) is 29.1 Å². The smallest absolute Gasteiger partial charge is 0.416 e. The fraction of sp³-hybridized carbons (Fsp3) is 0.241. The van der Waals surface area contributed by atoms with Gasteiger partial charge in [-0.1, -0.05) is 29.8 Å². The molecule has 0 aromatic heterocycles. The van der Waals surface area contributed by atoms with Gasteiger partial charge in [0.25, 0.3) is 0 Å². The number of benzene rings is 3. The zero-order valence-electron chi connectivity index (χ0n) is 21.9. The maximum absolute atomic E-state index is 14.9. The minimum Gasteiger partial charge on any atom is -0.497 e. The number of fused-ring (bicyclic) bond motifs is 1. The third kappa shape index (κ3) is 6.68. The van der Waals surface area contributed by atoms with Crippen molar-refractivity contribution in [3.63, 3.8) is 0 Å². The van der Waals surface area contributed by atoms with Gasteiger partial charge in [-0.25, -0.2) is 4.39 Å². The molecule has 0 spiro atoms. The van der Waals surface area contributed by atoms with E-state index in [1.807, 2.05) is 24.0 Å². The molecule has 1 aliphatic rings. The first-order chi connectivity index (χ1) is 18.4. The number of aliphatic hydroxyl groups is 1. The molecule has 1 heterocycles. The molecule has 1 unspecified atom stereocenters. The molecule has 0 amide bonds. The van der Waals surface area contributed by atoms with Crippen LogP contribution in [0, 0.1) is 16.6 Å². The Morgan fingerprint density at radius 3 is 2.27 bits per heavy atom. The van der Waals surface area contributed by atoms with Crippen molar-refractivity contribution in [2.75, 3.05) is 18.6 Å². The molecule has 0 saturated carbocycles. The van der Waals surface area contributed by atoms with Crippen molar-refractivity contribution < 1.29 is 44.2 Å². The number of halogens is 5. The Balaban J connectivity index is 0.000000477. The van der Waals surface area contributed by atoms with Crippen LogP contribution in [0.15, 0.2) is 72.4 Å². The number of anilines is 1. The molecule has 4 rings (SSSR count). The topological polar surface area (TPSA) is 80.4 Å². The second kappa shape index (κ2) is 13.3. The van der Waals surface area contributed by atoms with Crippen molar-refractivity contribution in [1.82, 2.24) is 0 Å². The molecule has 11 heteroatoms. The van der Waals surface area contributed by atoms with Crippen molar-refractivity contribution in [2.24, 2.45) is 0 Å². The van der Waals surface area contributed by atoms with Crippen LogP contribution in [0.3, 0.4) is 0 Å². The summed E-state index contributed by atoms with van der Waals surface area (Å²) in [5, 5.41) is 22.6. The maximum atomic E-state index is 14.9. The van der Waals surface area contributed by atoms with Gasteiger partial charge in [0.05, 0.1) is 17.7 Å². The van der Waals surface area contributed by atoms with E-state index in [1.165, 1.54) is 13.2 Å². The Hall–Kier alpha value is -3.34. The van der Waals surface area contributed by atoms with Crippen molar-refractivity contribution in [3.05, 3.63) is 106 Å². The Morgan fingerprint density at radius 2 is 1.77 bits per heavy atom. The van der Waals surface area contributed by atoms with E-state index in [-0.39, 0.29) is 34.1 Å². The minimum absolute atomic E-state index is 0. The average Bonchev–Trinajstić information content (AvgIpc) is 3.13. The number of hydrogen-bond acceptors (Lipinski definition) is 4. The molecule has 1 aliphatic heterocycles. The van der Waals surface area contributed by atoms with Gasteiger partial charge in [0.1, 0.15) is 11.6 Å². The first kappa shape index (κ1) is 32.9. The standard InChI is InChI=1S/C22H21ClF4N2O.C7H7NO.Co/c1-4-29-18-8-5-13(30-3)11-16(18)21(2,19(29)9-10-28)12-14-15(22(25,26)27)6-7-17(23)20(14)24;8-7(9)6-4-2-1-3-5-6;/h5-11,28H,4,12H2,1-3H3;1-5H,(H2,8,9);/b19-9-,28-10?;;. The van der Waals surface area contributed by atoms with E-state index in [0.717, 1.165) is 24.0 Å². The molecule has 1 radical (unpaired) electrons. The van der Waals surface area contributed by atoms with Gasteiger partial charge in [0, 0.05) is 57.5 Å². The summed E-state index contributed by atoms with van der Waals surface area (Å²) in [6.45, 7) is 4.17. The number of allylic oxidation sites excluding steroid dienone is 2. The number of hydrogen-bond donors (Lipinski definition) is 3. The van der Waals surface area contributed by atoms with Crippen LogP contribution in [0.4, 0.5) is 23.2 Å². The number of aliphatic hydroxyl groups excluding tert-OH is 1. The van der Waals surface area contributed by atoms with Crippen LogP contribution in [0.5, 0.6) is 5.75 Å². The Labute approximate surface area is 245 Å². The van der Waals surface area contributed by atoms with Crippen LogP contribution < -0.4 is 9.64 Å². The molecular weight excluding hydrogens is 593 g/mol. The Morgan fingerprint density at radius 1 is 1.12 bits per heavy atom. The van der Waals surface area contributed by atoms with Gasteiger partial charge in [-0.2, -0.15) is 13.2 Å². The molecule has 40 heavy (non-hydrogen) atoms. The van der Waals surface area contributed by atoms with E-state index >= 15 is 0 Å². The summed E-state index contributed by atoms with van der Waals surface area (Å²) >= 11 is 5.84. The summed E-state index contributed by atoms with van der Waals surface area (Å²) in [4.78, 5) is 1.91. The molecule has 0 fully saturated rings. The van der Waals surface area contributed by atoms with E-state index < -0.39 is 28.5 Å². The number of ether oxygens (including phenoxy) is 1. The normalized spacial score (nSPS) is 16.9. The van der Waals surface area contributed by atoms with Crippen LogP contribution in [0.2, 0.25) is 5.02 Å². The summed E-state index contributed by atoms with van der Waals surface area (Å²) in [5.41, 5.74) is 0.0462. The van der Waals surface area contributed by atoms with Gasteiger partial charge in [0.2, 0.25) is 5.90 Å². The molecule has 0 aliphatic carbocycles. The van der Waals surface area contributed by atoms with Gasteiger partial charge < -0.3 is 20.2 Å². The van der Waals surface area contributed by atoms with E-state index in [4.69, 9.17) is 32.3 Å². The van der Waals surface area contributed by atoms with E-state index in [2.05, 4.69) is 0 Å². The molecule has 0 bridgehead atoms. The SMILES string of the molecule is CCN1/C(=C\C=N)C(C)(Cc2c(C(F)(F)F)ccc(Cl)c2F)c2cc(OC)ccc21.N=C(O)c1ccccc1.[Co]. The quantitative estimate of drug-likeness (QED) is 0.149. The number of alkyl halides is 3. The zero-order chi connectivity index (χ0) is 29.0. The van der Waals surface area contributed by atoms with Crippen LogP contribution in [0.25, 0.3) is 0 Å². The Bertz CT molecular complexity index is 1400. The van der Waals surface area contributed by atoms with E-state index in [9.17, 15) is 17.6 Å². The van der Waals surface area contributed by atoms with Crippen molar-refractivity contribution in [3.8, 4) is 5.75 Å². The van der Waals surface area contributed by atoms with Crippen LogP contribution >= 0.6 is 11.6 Å². The predicted octanol–water partition coefficient (Wildman–Crippen LogP) is 7.95. The predicted molar refractivity (Wildman–Crippen MR) is 146 cm³/mol. The van der Waals surface area contributed by atoms with Crippen LogP contribution in [-0.2, 0) is 34.8 Å². The van der Waals surface area contributed by atoms with Crippen molar-refractivity contribution >= 4 is 29.4 Å². The molecule has 1 atom stereocenters. The van der Waals surface area contributed by atoms with Gasteiger partial charge in [-0.15, -0.1) is 0 Å². The maximum Gasteiger partial charge on any atom is 0.416 e. The second-order valence-electron chi connectivity index (χ2n) is 8.95. The molecule has 215 valence electrons. The van der Waals surface area contributed by atoms with Crippen molar-refractivity contribution in [2.45, 2.75) is 31.9 Å². The van der Waals surface area contributed by atoms with E-state index in [1.54, 1.807) is 43.3 Å². The molecule has 3 aromatic rings. The zero-order valence-corrected chi connectivity index (χ0v) is 23.7. The monoisotopic (exact) mass is 620 g/mol. The summed E-state index contributed by atoms with van der Waals surface area (Å²) in [6.07, 6.45) is -2.41. The fourth-order valence-electron chi connectivity index (χ4n) is 4.74. The third-order valence-corrected chi connectivity index (χ3v) is 6.87. The molecule has 5 nitrogen and oxygen atoms in total. The average molecular weight is 621 g/mol. The van der Waals surface area contributed by atoms with Crippen LogP contribution in [-0.4, -0.2) is 30.9 Å². The number of nitrogens with zero attached hydrogens (tertiary/aromatic N) is 1. The van der Waals surface area contributed by atoms with Crippen LogP contribution in [0.1, 0.15) is 36.1 Å². The van der Waals surface area contributed by atoms with Gasteiger partial charge in [0.15, 0.2) is 0 Å². The Kier molecular flexibility index (Phi) is 11.0. The number of methoxy groups -OCH3 is 1. The summed E-state index contributed by atoms with van der Waals surface area (Å²) in [5.74, 6) is -0.924.